The average molecular weight is 399 g/mol. The smallest absolute Gasteiger partial charge is 0.107 e. The molecule has 0 spiro atoms. The van der Waals surface area contributed by atoms with E-state index in [2.05, 4.69) is 99.8 Å². The topological polar surface area (TPSA) is 28.7 Å². The summed E-state index contributed by atoms with van der Waals surface area (Å²) in [5.74, 6) is 0. The van der Waals surface area contributed by atoms with E-state index in [1.165, 1.54) is 16.3 Å². The summed E-state index contributed by atoms with van der Waals surface area (Å²) in [4.78, 5) is 8.32. The lowest BCUT2D eigenvalue weighted by molar-refractivity contribution is 1.28. The van der Waals surface area contributed by atoms with Crippen LogP contribution in [0, 0.1) is 0 Å². The molecular formula is C23H15BrN2. The Hall–Kier alpha value is -2.91. The third-order valence-corrected chi connectivity index (χ3v) is 5.12. The molecule has 3 heteroatoms. The number of hydrogen-bond acceptors (Lipinski definition) is 1. The van der Waals surface area contributed by atoms with Crippen LogP contribution in [0.4, 0.5) is 0 Å². The number of nitrogens with zero attached hydrogens (tertiary/aromatic N) is 1. The first-order valence-corrected chi connectivity index (χ1v) is 9.32. The van der Waals surface area contributed by atoms with E-state index >= 15 is 0 Å². The Bertz CT molecular complexity index is 1240. The van der Waals surface area contributed by atoms with Gasteiger partial charge in [-0.1, -0.05) is 66.7 Å². The Morgan fingerprint density at radius 2 is 1.46 bits per heavy atom. The molecule has 1 N–H and O–H groups in total. The number of fused-ring (bicyclic) bond motifs is 3. The van der Waals surface area contributed by atoms with Crippen LogP contribution in [0.15, 0.2) is 89.5 Å². The van der Waals surface area contributed by atoms with Crippen LogP contribution in [-0.2, 0) is 0 Å². The number of para-hydroxylation sites is 2. The third-order valence-electron chi connectivity index (χ3n) is 4.72. The zero-order valence-electron chi connectivity index (χ0n) is 13.9. The van der Waals surface area contributed by atoms with E-state index in [4.69, 9.17) is 4.98 Å². The van der Waals surface area contributed by atoms with E-state index < -0.39 is 0 Å². The molecule has 0 saturated carbocycles. The lowest BCUT2D eigenvalue weighted by atomic mass is 10.0. The SMILES string of the molecule is Brc1cc(-c2ccccc2)cc(-c2cccc3c2[nH]c2ccccc23)n1. The van der Waals surface area contributed by atoms with E-state index in [9.17, 15) is 0 Å². The number of halogens is 1. The van der Waals surface area contributed by atoms with E-state index in [0.717, 1.165) is 32.5 Å². The normalized spacial score (nSPS) is 11.3. The Labute approximate surface area is 159 Å². The molecule has 0 amide bonds. The first kappa shape index (κ1) is 15.4. The molecule has 2 nitrogen and oxygen atoms in total. The van der Waals surface area contributed by atoms with Gasteiger partial charge in [0.1, 0.15) is 4.60 Å². The highest BCUT2D eigenvalue weighted by Gasteiger charge is 2.12. The van der Waals surface area contributed by atoms with Crippen LogP contribution in [-0.4, -0.2) is 9.97 Å². The minimum absolute atomic E-state index is 0.835. The highest BCUT2D eigenvalue weighted by Crippen LogP contribution is 2.34. The van der Waals surface area contributed by atoms with Gasteiger partial charge in [0.25, 0.3) is 0 Å². The van der Waals surface area contributed by atoms with E-state index in [-0.39, 0.29) is 0 Å². The molecule has 0 bridgehead atoms. The molecule has 0 unspecified atom stereocenters. The maximum Gasteiger partial charge on any atom is 0.107 e. The van der Waals surface area contributed by atoms with Gasteiger partial charge in [0.15, 0.2) is 0 Å². The van der Waals surface area contributed by atoms with Gasteiger partial charge in [0.2, 0.25) is 0 Å². The second kappa shape index (κ2) is 6.11. The summed E-state index contributed by atoms with van der Waals surface area (Å²) in [5, 5.41) is 2.46. The van der Waals surface area contributed by atoms with E-state index in [1.54, 1.807) is 0 Å². The van der Waals surface area contributed by atoms with Gasteiger partial charge >= 0.3 is 0 Å². The summed E-state index contributed by atoms with van der Waals surface area (Å²) in [6.07, 6.45) is 0. The number of nitrogens with one attached hydrogen (secondary N) is 1. The number of H-pyrrole nitrogens is 1. The standard InChI is InChI=1S/C23H15BrN2/c24-22-14-16(15-7-2-1-3-8-15)13-21(25-22)19-11-6-10-18-17-9-4-5-12-20(17)26-23(18)19/h1-14,26H. The van der Waals surface area contributed by atoms with Crippen LogP contribution >= 0.6 is 15.9 Å². The fraction of sp³-hybridized carbons (Fsp3) is 0. The van der Waals surface area contributed by atoms with Crippen molar-refractivity contribution in [3.05, 3.63) is 89.5 Å². The summed E-state index contributed by atoms with van der Waals surface area (Å²) >= 11 is 3.59. The maximum absolute atomic E-state index is 4.75. The molecule has 0 atom stereocenters. The predicted molar refractivity (Wildman–Crippen MR) is 112 cm³/mol. The number of aromatic amines is 1. The molecular weight excluding hydrogens is 384 g/mol. The van der Waals surface area contributed by atoms with Crippen LogP contribution in [0.2, 0.25) is 0 Å². The monoisotopic (exact) mass is 398 g/mol. The fourth-order valence-electron chi connectivity index (χ4n) is 3.52. The average Bonchev–Trinajstić information content (AvgIpc) is 3.07. The number of aromatic nitrogens is 2. The Balaban J connectivity index is 1.77. The summed E-state index contributed by atoms with van der Waals surface area (Å²) in [6, 6.07) is 29.4. The van der Waals surface area contributed by atoms with Gasteiger partial charge in [-0.2, -0.15) is 0 Å². The quantitative estimate of drug-likeness (QED) is 0.325. The minimum atomic E-state index is 0.835. The molecule has 26 heavy (non-hydrogen) atoms. The second-order valence-electron chi connectivity index (χ2n) is 6.33. The Morgan fingerprint density at radius 3 is 2.35 bits per heavy atom. The van der Waals surface area contributed by atoms with Crippen LogP contribution in [0.25, 0.3) is 44.2 Å². The van der Waals surface area contributed by atoms with Gasteiger partial charge in [0, 0.05) is 21.9 Å². The van der Waals surface area contributed by atoms with Gasteiger partial charge in [-0.25, -0.2) is 4.98 Å². The van der Waals surface area contributed by atoms with Gasteiger partial charge in [-0.3, -0.25) is 0 Å². The fourth-order valence-corrected chi connectivity index (χ4v) is 3.96. The number of benzene rings is 3. The number of rotatable bonds is 2. The van der Waals surface area contributed by atoms with Crippen LogP contribution in [0.3, 0.4) is 0 Å². The summed E-state index contributed by atoms with van der Waals surface area (Å²) in [7, 11) is 0. The second-order valence-corrected chi connectivity index (χ2v) is 7.14. The van der Waals surface area contributed by atoms with Gasteiger partial charge in [0.05, 0.1) is 11.2 Å². The highest BCUT2D eigenvalue weighted by molar-refractivity contribution is 9.10. The molecule has 5 aromatic rings. The van der Waals surface area contributed by atoms with Gasteiger partial charge < -0.3 is 4.98 Å². The van der Waals surface area contributed by atoms with Crippen molar-refractivity contribution >= 4 is 37.7 Å². The maximum atomic E-state index is 4.75. The van der Waals surface area contributed by atoms with Crippen molar-refractivity contribution in [2.45, 2.75) is 0 Å². The summed E-state index contributed by atoms with van der Waals surface area (Å²) < 4.78 is 0.835. The van der Waals surface area contributed by atoms with Crippen molar-refractivity contribution in [1.82, 2.24) is 9.97 Å². The van der Waals surface area contributed by atoms with E-state index in [1.807, 2.05) is 6.07 Å². The van der Waals surface area contributed by atoms with Crippen LogP contribution < -0.4 is 0 Å². The molecule has 0 fully saturated rings. The number of pyridine rings is 1. The van der Waals surface area contributed by atoms with Gasteiger partial charge in [-0.15, -0.1) is 0 Å². The zero-order chi connectivity index (χ0) is 17.5. The molecule has 3 aromatic carbocycles. The molecule has 0 aliphatic rings. The molecule has 0 aliphatic heterocycles. The molecule has 0 radical (unpaired) electrons. The largest absolute Gasteiger partial charge is 0.354 e. The van der Waals surface area contributed by atoms with Crippen molar-refractivity contribution < 1.29 is 0 Å². The van der Waals surface area contributed by atoms with Crippen molar-refractivity contribution in [3.8, 4) is 22.4 Å². The third kappa shape index (κ3) is 2.52. The Kier molecular flexibility index (Phi) is 3.61. The number of hydrogen-bond donors (Lipinski definition) is 1. The predicted octanol–water partition coefficient (Wildman–Crippen LogP) is 6.81. The van der Waals surface area contributed by atoms with Crippen LogP contribution in [0.1, 0.15) is 0 Å². The first-order chi connectivity index (χ1) is 12.8. The highest BCUT2D eigenvalue weighted by atomic mass is 79.9. The minimum Gasteiger partial charge on any atom is -0.354 e. The summed E-state index contributed by atoms with van der Waals surface area (Å²) in [5.41, 5.74) is 6.66. The summed E-state index contributed by atoms with van der Waals surface area (Å²) in [6.45, 7) is 0. The van der Waals surface area contributed by atoms with Crippen molar-refractivity contribution in [1.29, 1.82) is 0 Å². The molecule has 0 aliphatic carbocycles. The molecule has 2 heterocycles. The lowest BCUT2D eigenvalue weighted by Gasteiger charge is -2.08. The zero-order valence-corrected chi connectivity index (χ0v) is 15.5. The molecule has 2 aromatic heterocycles. The van der Waals surface area contributed by atoms with E-state index in [0.29, 0.717) is 0 Å². The Morgan fingerprint density at radius 1 is 0.692 bits per heavy atom. The van der Waals surface area contributed by atoms with Crippen molar-refractivity contribution in [2.75, 3.05) is 0 Å². The molecule has 5 rings (SSSR count). The van der Waals surface area contributed by atoms with Crippen molar-refractivity contribution in [2.24, 2.45) is 0 Å². The molecule has 124 valence electrons. The van der Waals surface area contributed by atoms with Crippen LogP contribution in [0.5, 0.6) is 0 Å². The first-order valence-electron chi connectivity index (χ1n) is 8.52. The lowest BCUT2D eigenvalue weighted by Crippen LogP contribution is -1.88. The molecule has 0 saturated heterocycles. The van der Waals surface area contributed by atoms with Crippen molar-refractivity contribution in [3.63, 3.8) is 0 Å². The van der Waals surface area contributed by atoms with Gasteiger partial charge in [-0.05, 0) is 45.3 Å².